The van der Waals surface area contributed by atoms with Gasteiger partial charge < -0.3 is 10.1 Å². The van der Waals surface area contributed by atoms with Crippen molar-refractivity contribution < 1.29 is 13.9 Å². The number of methoxy groups -OCH3 is 1. The van der Waals surface area contributed by atoms with Crippen LogP contribution in [0.2, 0.25) is 0 Å². The van der Waals surface area contributed by atoms with E-state index in [9.17, 15) is 9.18 Å². The van der Waals surface area contributed by atoms with Gasteiger partial charge in [-0.2, -0.15) is 0 Å². The number of hydrogen-bond acceptors (Lipinski definition) is 3. The zero-order valence-corrected chi connectivity index (χ0v) is 12.3. The smallest absolute Gasteiger partial charge is 0.338 e. The number of carbonyl (C=O) groups excluding carboxylic acids is 1. The average Bonchev–Trinajstić information content (AvgIpc) is 2.49. The third kappa shape index (κ3) is 3.21. The highest BCUT2D eigenvalue weighted by Crippen LogP contribution is 2.25. The fourth-order valence-electron chi connectivity index (χ4n) is 2.26. The molecule has 0 aliphatic carbocycles. The maximum Gasteiger partial charge on any atom is 0.338 e. The van der Waals surface area contributed by atoms with Crippen LogP contribution in [0.5, 0.6) is 0 Å². The first kappa shape index (κ1) is 15.0. The van der Waals surface area contributed by atoms with Crippen molar-refractivity contribution in [1.29, 1.82) is 0 Å². The van der Waals surface area contributed by atoms with Gasteiger partial charge in [0.05, 0.1) is 18.7 Å². The Labute approximate surface area is 123 Å². The third-order valence-corrected chi connectivity index (χ3v) is 3.48. The first-order chi connectivity index (χ1) is 10.0. The quantitative estimate of drug-likeness (QED) is 0.861. The molecule has 0 heterocycles. The minimum atomic E-state index is -0.380. The van der Waals surface area contributed by atoms with Crippen LogP contribution in [0.25, 0.3) is 0 Å². The topological polar surface area (TPSA) is 38.3 Å². The molecule has 2 rings (SSSR count). The molecule has 0 amide bonds. The molecule has 0 fully saturated rings. The van der Waals surface area contributed by atoms with Crippen LogP contribution in [0, 0.1) is 12.7 Å². The van der Waals surface area contributed by atoms with E-state index < -0.39 is 0 Å². The summed E-state index contributed by atoms with van der Waals surface area (Å²) < 4.78 is 18.5. The highest BCUT2D eigenvalue weighted by atomic mass is 19.1. The van der Waals surface area contributed by atoms with Gasteiger partial charge in [0.15, 0.2) is 0 Å². The lowest BCUT2D eigenvalue weighted by Crippen LogP contribution is -2.11. The van der Waals surface area contributed by atoms with Crippen molar-refractivity contribution in [3.05, 3.63) is 65.0 Å². The highest BCUT2D eigenvalue weighted by molar-refractivity contribution is 5.92. The van der Waals surface area contributed by atoms with Crippen molar-refractivity contribution in [2.45, 2.75) is 19.9 Å². The van der Waals surface area contributed by atoms with Crippen LogP contribution in [0.1, 0.15) is 34.5 Å². The van der Waals surface area contributed by atoms with E-state index in [-0.39, 0.29) is 17.8 Å². The summed E-state index contributed by atoms with van der Waals surface area (Å²) in [5.74, 6) is -0.631. The number of esters is 1. The minimum absolute atomic E-state index is 0.210. The summed E-state index contributed by atoms with van der Waals surface area (Å²) in [6.07, 6.45) is 0. The lowest BCUT2D eigenvalue weighted by Gasteiger charge is -2.19. The number of halogens is 1. The Bertz CT molecular complexity index is 655. The van der Waals surface area contributed by atoms with Gasteiger partial charge in [-0.3, -0.25) is 0 Å². The number of hydrogen-bond donors (Lipinski definition) is 1. The number of nitrogens with one attached hydrogen (secondary N) is 1. The summed E-state index contributed by atoms with van der Waals surface area (Å²) in [6, 6.07) is 11.8. The third-order valence-electron chi connectivity index (χ3n) is 3.48. The second-order valence-corrected chi connectivity index (χ2v) is 4.86. The molecule has 0 bridgehead atoms. The number of benzene rings is 2. The van der Waals surface area contributed by atoms with E-state index >= 15 is 0 Å². The predicted molar refractivity (Wildman–Crippen MR) is 81.0 cm³/mol. The molecule has 2 aromatic rings. The molecule has 0 aromatic heterocycles. The largest absolute Gasteiger partial charge is 0.465 e. The van der Waals surface area contributed by atoms with E-state index in [4.69, 9.17) is 4.74 Å². The molecule has 0 saturated heterocycles. The van der Waals surface area contributed by atoms with Gasteiger partial charge in [-0.05, 0) is 37.6 Å². The van der Waals surface area contributed by atoms with Crippen molar-refractivity contribution >= 4 is 11.7 Å². The summed E-state index contributed by atoms with van der Waals surface area (Å²) in [6.45, 7) is 3.71. The van der Waals surface area contributed by atoms with E-state index in [2.05, 4.69) is 5.32 Å². The van der Waals surface area contributed by atoms with Gasteiger partial charge >= 0.3 is 5.97 Å². The summed E-state index contributed by atoms with van der Waals surface area (Å²) in [7, 11) is 1.35. The Morgan fingerprint density at radius 1 is 1.19 bits per heavy atom. The SMILES string of the molecule is COC(=O)c1cccc(NC(C)c2ccccc2F)c1C. The second-order valence-electron chi connectivity index (χ2n) is 4.86. The van der Waals surface area contributed by atoms with Crippen LogP contribution in [0.15, 0.2) is 42.5 Å². The second kappa shape index (κ2) is 6.39. The molecule has 21 heavy (non-hydrogen) atoms. The Balaban J connectivity index is 2.28. The van der Waals surface area contributed by atoms with Gasteiger partial charge in [0.2, 0.25) is 0 Å². The molecule has 0 saturated carbocycles. The Morgan fingerprint density at radius 3 is 2.57 bits per heavy atom. The fourth-order valence-corrected chi connectivity index (χ4v) is 2.26. The molecule has 3 nitrogen and oxygen atoms in total. The number of rotatable bonds is 4. The summed E-state index contributed by atoms with van der Waals surface area (Å²) in [5.41, 5.74) is 2.66. The Morgan fingerprint density at radius 2 is 1.90 bits per heavy atom. The molecule has 0 radical (unpaired) electrons. The molecule has 0 spiro atoms. The molecule has 1 unspecified atom stereocenters. The highest BCUT2D eigenvalue weighted by Gasteiger charge is 2.15. The van der Waals surface area contributed by atoms with E-state index in [0.717, 1.165) is 11.3 Å². The van der Waals surface area contributed by atoms with Crippen molar-refractivity contribution in [2.75, 3.05) is 12.4 Å². The van der Waals surface area contributed by atoms with Gasteiger partial charge in [0.25, 0.3) is 0 Å². The van der Waals surface area contributed by atoms with Crippen molar-refractivity contribution in [3.8, 4) is 0 Å². The molecular formula is C17H18FNO2. The van der Waals surface area contributed by atoms with Crippen LogP contribution in [0.3, 0.4) is 0 Å². The molecule has 1 atom stereocenters. The average molecular weight is 287 g/mol. The maximum atomic E-state index is 13.8. The zero-order valence-electron chi connectivity index (χ0n) is 12.3. The predicted octanol–water partition coefficient (Wildman–Crippen LogP) is 4.09. The first-order valence-corrected chi connectivity index (χ1v) is 6.73. The molecule has 4 heteroatoms. The summed E-state index contributed by atoms with van der Waals surface area (Å²) in [4.78, 5) is 11.7. The van der Waals surface area contributed by atoms with Gasteiger partial charge in [-0.25, -0.2) is 9.18 Å². The van der Waals surface area contributed by atoms with E-state index in [1.54, 1.807) is 30.3 Å². The standard InChI is InChI=1S/C17H18FNO2/c1-11-13(17(20)21-3)8-6-10-16(11)19-12(2)14-7-4-5-9-15(14)18/h4-10,12,19H,1-3H3. The van der Waals surface area contributed by atoms with Crippen LogP contribution < -0.4 is 5.32 Å². The molecule has 0 aliphatic rings. The monoisotopic (exact) mass is 287 g/mol. The molecule has 2 aromatic carbocycles. The molecule has 1 N–H and O–H groups in total. The van der Waals surface area contributed by atoms with Crippen LogP contribution in [-0.4, -0.2) is 13.1 Å². The van der Waals surface area contributed by atoms with Crippen LogP contribution >= 0.6 is 0 Å². The van der Waals surface area contributed by atoms with Gasteiger partial charge in [-0.1, -0.05) is 24.3 Å². The van der Waals surface area contributed by atoms with E-state index in [0.29, 0.717) is 11.1 Å². The van der Waals surface area contributed by atoms with Crippen molar-refractivity contribution in [3.63, 3.8) is 0 Å². The number of carbonyl (C=O) groups is 1. The minimum Gasteiger partial charge on any atom is -0.465 e. The number of ether oxygens (including phenoxy) is 1. The Kier molecular flexibility index (Phi) is 4.58. The molecule has 110 valence electrons. The molecule has 0 aliphatic heterocycles. The van der Waals surface area contributed by atoms with Crippen molar-refractivity contribution in [1.82, 2.24) is 0 Å². The van der Waals surface area contributed by atoms with Crippen LogP contribution in [-0.2, 0) is 4.74 Å². The fraction of sp³-hybridized carbons (Fsp3) is 0.235. The van der Waals surface area contributed by atoms with Gasteiger partial charge in [-0.15, -0.1) is 0 Å². The Hall–Kier alpha value is -2.36. The zero-order chi connectivity index (χ0) is 15.4. The van der Waals surface area contributed by atoms with Crippen molar-refractivity contribution in [2.24, 2.45) is 0 Å². The summed E-state index contributed by atoms with van der Waals surface area (Å²) >= 11 is 0. The lowest BCUT2D eigenvalue weighted by atomic mass is 10.0. The van der Waals surface area contributed by atoms with Crippen LogP contribution in [0.4, 0.5) is 10.1 Å². The van der Waals surface area contributed by atoms with E-state index in [1.165, 1.54) is 13.2 Å². The normalized spacial score (nSPS) is 11.8. The first-order valence-electron chi connectivity index (χ1n) is 6.73. The summed E-state index contributed by atoms with van der Waals surface area (Å²) in [5, 5.41) is 3.24. The molecular weight excluding hydrogens is 269 g/mol. The maximum absolute atomic E-state index is 13.8. The lowest BCUT2D eigenvalue weighted by molar-refractivity contribution is 0.0600. The number of anilines is 1. The van der Waals surface area contributed by atoms with Gasteiger partial charge in [0, 0.05) is 11.3 Å². The van der Waals surface area contributed by atoms with E-state index in [1.807, 2.05) is 19.9 Å². The van der Waals surface area contributed by atoms with Gasteiger partial charge in [0.1, 0.15) is 5.82 Å².